The number of aryl methyl sites for hydroxylation is 1. The topological polar surface area (TPSA) is 226 Å². The molecule has 282 valence electrons. The molecule has 9 N–H and O–H groups in total. The Morgan fingerprint density at radius 2 is 1.83 bits per heavy atom. The first-order valence-corrected chi connectivity index (χ1v) is 17.5. The van der Waals surface area contributed by atoms with Gasteiger partial charge in [0, 0.05) is 36.6 Å². The fraction of sp³-hybridized carbons (Fsp3) is 0.474. The highest BCUT2D eigenvalue weighted by Gasteiger charge is 2.43. The summed E-state index contributed by atoms with van der Waals surface area (Å²) >= 11 is 0. The van der Waals surface area contributed by atoms with Crippen molar-refractivity contribution in [1.82, 2.24) is 10.3 Å². The lowest BCUT2D eigenvalue weighted by Crippen LogP contribution is -2.46. The number of benzene rings is 2. The number of nitrogens with two attached hydrogens (primary N) is 1. The molecule has 0 bridgehead atoms. The highest BCUT2D eigenvalue weighted by molar-refractivity contribution is 5.74. The number of carboxylic acids is 1. The number of nitrogen functional groups attached to an aromatic ring is 1. The molecule has 0 unspecified atom stereocenters. The Morgan fingerprint density at radius 1 is 1.04 bits per heavy atom. The van der Waals surface area contributed by atoms with E-state index in [1.54, 1.807) is 42.6 Å². The van der Waals surface area contributed by atoms with E-state index in [4.69, 9.17) is 29.8 Å². The van der Waals surface area contributed by atoms with Crippen LogP contribution in [0.4, 0.5) is 5.82 Å². The molecule has 1 saturated heterocycles. The van der Waals surface area contributed by atoms with Crippen molar-refractivity contribution in [3.8, 4) is 28.7 Å². The van der Waals surface area contributed by atoms with Gasteiger partial charge < -0.3 is 60.6 Å². The van der Waals surface area contributed by atoms with E-state index in [0.717, 1.165) is 11.1 Å². The smallest absolute Gasteiger partial charge is 0.310 e. The van der Waals surface area contributed by atoms with Crippen molar-refractivity contribution in [3.63, 3.8) is 0 Å². The van der Waals surface area contributed by atoms with E-state index < -0.39 is 54.9 Å². The fourth-order valence-electron chi connectivity index (χ4n) is 7.49. The molecule has 5 rings (SSSR count). The van der Waals surface area contributed by atoms with Gasteiger partial charge in [0.25, 0.3) is 0 Å². The van der Waals surface area contributed by atoms with Crippen LogP contribution in [0.15, 0.2) is 60.8 Å². The number of anilines is 1. The van der Waals surface area contributed by atoms with Gasteiger partial charge in [0.15, 0.2) is 29.8 Å². The normalized spacial score (nSPS) is 24.8. The van der Waals surface area contributed by atoms with Crippen molar-refractivity contribution in [2.75, 3.05) is 39.4 Å². The van der Waals surface area contributed by atoms with E-state index >= 15 is 0 Å². The first-order chi connectivity index (χ1) is 25.1. The minimum absolute atomic E-state index is 0.00729. The maximum atomic E-state index is 12.4. The molecule has 3 aromatic rings. The fourth-order valence-corrected chi connectivity index (χ4v) is 7.49. The third-order valence-electron chi connectivity index (χ3n) is 9.98. The number of likely N-dealkylation sites (N-methyl/N-ethyl adjacent to an activating group) is 1. The molecule has 0 amide bonds. The number of ether oxygens (including phenoxy) is 4. The average Bonchev–Trinajstić information content (AvgIpc) is 3.58. The molecular formula is C38H49N3O11. The van der Waals surface area contributed by atoms with Crippen LogP contribution in [-0.4, -0.2) is 93.5 Å². The standard InChI is InChI=1S/C38H49N3O11/c1-3-40-28(35-25(7-8-27(35)38(47)48)22-10-12-41-34(39)17-22)19-50-33-16-23(15-32(49-2)36(33)46)37-26(11-13-42)30(45)18-24(52-37)6-4-21-5-9-29(44)31(14-21)51-20-43/h5,7-10,12,14-17,24-28,30,35,37,40,42-46H,3-4,6,11,13,18-20H2,1-2H3,(H2,39,41)(H,47,48)/t24-,25-,26-,27-,28+,30-,35-,37+/m0/s1. The molecule has 0 saturated carbocycles. The van der Waals surface area contributed by atoms with Gasteiger partial charge in [-0.1, -0.05) is 25.1 Å². The van der Waals surface area contributed by atoms with E-state index in [-0.39, 0.29) is 54.3 Å². The minimum Gasteiger partial charge on any atom is -0.504 e. The summed E-state index contributed by atoms with van der Waals surface area (Å²) < 4.78 is 23.5. The molecule has 1 aliphatic heterocycles. The zero-order valence-corrected chi connectivity index (χ0v) is 29.3. The summed E-state index contributed by atoms with van der Waals surface area (Å²) in [7, 11) is 1.41. The summed E-state index contributed by atoms with van der Waals surface area (Å²) in [4.78, 5) is 16.5. The molecule has 0 spiro atoms. The Morgan fingerprint density at radius 3 is 2.52 bits per heavy atom. The minimum atomic E-state index is -0.970. The van der Waals surface area contributed by atoms with Crippen LogP contribution in [0.3, 0.4) is 0 Å². The predicted octanol–water partition coefficient (Wildman–Crippen LogP) is 3.26. The second kappa shape index (κ2) is 17.8. The van der Waals surface area contributed by atoms with Crippen LogP contribution in [0, 0.1) is 17.8 Å². The van der Waals surface area contributed by atoms with Gasteiger partial charge in [-0.3, -0.25) is 4.79 Å². The Kier molecular flexibility index (Phi) is 13.2. The van der Waals surface area contributed by atoms with Crippen molar-refractivity contribution in [3.05, 3.63) is 77.5 Å². The van der Waals surface area contributed by atoms with E-state index in [0.29, 0.717) is 37.2 Å². The molecule has 8 atom stereocenters. The second-order valence-corrected chi connectivity index (χ2v) is 13.2. The molecule has 0 radical (unpaired) electrons. The number of methoxy groups -OCH3 is 1. The van der Waals surface area contributed by atoms with Gasteiger partial charge in [-0.25, -0.2) is 4.98 Å². The number of phenolic OH excluding ortho intramolecular Hbond substituents is 2. The molecule has 14 nitrogen and oxygen atoms in total. The third kappa shape index (κ3) is 8.88. The summed E-state index contributed by atoms with van der Waals surface area (Å²) in [6.45, 7) is 1.67. The third-order valence-corrected chi connectivity index (χ3v) is 9.98. The molecule has 1 fully saturated rings. The number of aromatic hydroxyl groups is 2. The number of allylic oxidation sites excluding steroid dienone is 1. The van der Waals surface area contributed by atoms with Gasteiger partial charge in [0.2, 0.25) is 5.75 Å². The quantitative estimate of drug-likeness (QED) is 0.0739. The van der Waals surface area contributed by atoms with Gasteiger partial charge in [-0.05, 0) is 85.3 Å². The SMILES string of the molecule is CCN[C@H](COc1cc([C@H]2O[C@@H](CCc3ccc(O)c(OCO)c3)C[C@H](O)[C@@H]2CCO)cc(OC)c1O)[C@@H]1[C@@H](C(=O)O)C=C[C@H]1c1ccnc(N)c1. The number of pyridine rings is 1. The number of nitrogens with zero attached hydrogens (tertiary/aromatic N) is 1. The molecule has 2 heterocycles. The largest absolute Gasteiger partial charge is 0.504 e. The number of aliphatic carboxylic acids is 1. The van der Waals surface area contributed by atoms with Crippen molar-refractivity contribution >= 4 is 11.8 Å². The Hall–Kier alpha value is -4.60. The first kappa shape index (κ1) is 38.6. The van der Waals surface area contributed by atoms with Gasteiger partial charge in [0.1, 0.15) is 12.4 Å². The molecule has 2 aromatic carbocycles. The number of carboxylic acid groups (broad SMARTS) is 1. The van der Waals surface area contributed by atoms with Gasteiger partial charge >= 0.3 is 5.97 Å². The van der Waals surface area contributed by atoms with E-state index in [1.165, 1.54) is 13.2 Å². The van der Waals surface area contributed by atoms with Gasteiger partial charge in [-0.2, -0.15) is 0 Å². The molecule has 52 heavy (non-hydrogen) atoms. The Balaban J connectivity index is 1.40. The lowest BCUT2D eigenvalue weighted by Gasteiger charge is -2.40. The lowest BCUT2D eigenvalue weighted by molar-refractivity contribution is -0.144. The molecule has 2 aliphatic rings. The maximum absolute atomic E-state index is 12.4. The van der Waals surface area contributed by atoms with E-state index in [9.17, 15) is 30.3 Å². The molecule has 14 heteroatoms. The Labute approximate surface area is 302 Å². The van der Waals surface area contributed by atoms with Crippen LogP contribution in [0.5, 0.6) is 28.7 Å². The Bertz CT molecular complexity index is 1690. The molecule has 1 aliphatic carbocycles. The summed E-state index contributed by atoms with van der Waals surface area (Å²) in [6.07, 6.45) is 4.86. The maximum Gasteiger partial charge on any atom is 0.310 e. The number of rotatable bonds is 17. The monoisotopic (exact) mass is 723 g/mol. The van der Waals surface area contributed by atoms with Crippen LogP contribution in [0.1, 0.15) is 54.9 Å². The summed E-state index contributed by atoms with van der Waals surface area (Å²) in [5.74, 6) is -2.68. The summed E-state index contributed by atoms with van der Waals surface area (Å²) in [5.41, 5.74) is 8.20. The number of aliphatic hydroxyl groups excluding tert-OH is 3. The van der Waals surface area contributed by atoms with Gasteiger partial charge in [-0.15, -0.1) is 0 Å². The number of carbonyl (C=O) groups is 1. The van der Waals surface area contributed by atoms with Crippen molar-refractivity contribution < 1.29 is 54.4 Å². The molecular weight excluding hydrogens is 674 g/mol. The predicted molar refractivity (Wildman–Crippen MR) is 190 cm³/mol. The first-order valence-electron chi connectivity index (χ1n) is 17.5. The van der Waals surface area contributed by atoms with Crippen molar-refractivity contribution in [2.24, 2.45) is 17.8 Å². The average molecular weight is 724 g/mol. The van der Waals surface area contributed by atoms with Crippen molar-refractivity contribution in [2.45, 2.75) is 62.9 Å². The van der Waals surface area contributed by atoms with Crippen LogP contribution < -0.4 is 25.3 Å². The summed E-state index contributed by atoms with van der Waals surface area (Å²) in [5, 5.41) is 65.1. The van der Waals surface area contributed by atoms with Gasteiger partial charge in [0.05, 0.1) is 31.3 Å². The lowest BCUT2D eigenvalue weighted by atomic mass is 9.79. The van der Waals surface area contributed by atoms with Crippen LogP contribution in [0.25, 0.3) is 0 Å². The highest BCUT2D eigenvalue weighted by Crippen LogP contribution is 2.46. The van der Waals surface area contributed by atoms with Crippen LogP contribution >= 0.6 is 0 Å². The van der Waals surface area contributed by atoms with Crippen LogP contribution in [0.2, 0.25) is 0 Å². The number of phenols is 2. The number of aliphatic hydroxyl groups is 3. The number of aromatic nitrogens is 1. The summed E-state index contributed by atoms with van der Waals surface area (Å²) in [6, 6.07) is 11.2. The number of hydrogen-bond acceptors (Lipinski definition) is 13. The second-order valence-electron chi connectivity index (χ2n) is 13.2. The van der Waals surface area contributed by atoms with E-state index in [2.05, 4.69) is 10.3 Å². The number of hydrogen-bond donors (Lipinski definition) is 8. The zero-order chi connectivity index (χ0) is 37.4. The highest BCUT2D eigenvalue weighted by atomic mass is 16.6. The zero-order valence-electron chi connectivity index (χ0n) is 29.3. The van der Waals surface area contributed by atoms with E-state index in [1.807, 2.05) is 19.1 Å². The number of nitrogens with one attached hydrogen (secondary N) is 1. The molecule has 1 aromatic heterocycles. The van der Waals surface area contributed by atoms with Crippen molar-refractivity contribution in [1.29, 1.82) is 0 Å². The van der Waals surface area contributed by atoms with Crippen LogP contribution in [-0.2, 0) is 16.0 Å².